The number of alkyl halides is 1. The standard InChI is InChI=1S/C11H18ClNO2S2/c1-5-9-6-7-10(16-9)17(14,15)13-11(3,4)8(2)12/h6-8,13H,5H2,1-4H3. The average molecular weight is 296 g/mol. The molecule has 0 aliphatic heterocycles. The second kappa shape index (κ2) is 5.26. The fourth-order valence-electron chi connectivity index (χ4n) is 1.17. The minimum atomic E-state index is -3.47. The van der Waals surface area contributed by atoms with Crippen LogP contribution in [0.3, 0.4) is 0 Å². The maximum atomic E-state index is 12.1. The Balaban J connectivity index is 2.97. The smallest absolute Gasteiger partial charge is 0.206 e. The predicted molar refractivity (Wildman–Crippen MR) is 73.4 cm³/mol. The average Bonchev–Trinajstić information content (AvgIpc) is 2.64. The van der Waals surface area contributed by atoms with Gasteiger partial charge in [-0.05, 0) is 39.3 Å². The summed E-state index contributed by atoms with van der Waals surface area (Å²) in [5.41, 5.74) is -0.670. The van der Waals surface area contributed by atoms with E-state index in [-0.39, 0.29) is 5.38 Å². The molecule has 0 fully saturated rings. The second-order valence-electron chi connectivity index (χ2n) is 4.52. The van der Waals surface area contributed by atoms with Gasteiger partial charge in [-0.15, -0.1) is 22.9 Å². The van der Waals surface area contributed by atoms with Crippen molar-refractivity contribution < 1.29 is 8.42 Å². The lowest BCUT2D eigenvalue weighted by molar-refractivity contribution is 0.446. The minimum absolute atomic E-state index is 0.289. The normalized spacial score (nSPS) is 14.9. The summed E-state index contributed by atoms with van der Waals surface area (Å²) in [6.07, 6.45) is 0.843. The van der Waals surface area contributed by atoms with Crippen molar-refractivity contribution in [1.29, 1.82) is 0 Å². The molecule has 3 nitrogen and oxygen atoms in total. The molecule has 0 saturated heterocycles. The molecule has 1 aromatic heterocycles. The highest BCUT2D eigenvalue weighted by Gasteiger charge is 2.31. The third-order valence-corrected chi connectivity index (χ3v) is 6.58. The molecule has 1 unspecified atom stereocenters. The molecule has 1 aromatic rings. The molecule has 0 bridgehead atoms. The summed E-state index contributed by atoms with van der Waals surface area (Å²) in [5, 5.41) is -0.289. The fraction of sp³-hybridized carbons (Fsp3) is 0.636. The zero-order valence-electron chi connectivity index (χ0n) is 10.5. The molecule has 1 atom stereocenters. The molecule has 0 aliphatic rings. The lowest BCUT2D eigenvalue weighted by Gasteiger charge is -2.28. The molecule has 6 heteroatoms. The van der Waals surface area contributed by atoms with Crippen LogP contribution in [0.2, 0.25) is 0 Å². The van der Waals surface area contributed by atoms with Crippen molar-refractivity contribution in [3.05, 3.63) is 17.0 Å². The highest BCUT2D eigenvalue weighted by atomic mass is 35.5. The first kappa shape index (κ1) is 15.0. The van der Waals surface area contributed by atoms with Crippen molar-refractivity contribution in [3.63, 3.8) is 0 Å². The van der Waals surface area contributed by atoms with E-state index in [4.69, 9.17) is 11.6 Å². The van der Waals surface area contributed by atoms with Crippen LogP contribution in [0.25, 0.3) is 0 Å². The van der Waals surface area contributed by atoms with Crippen LogP contribution in [0.15, 0.2) is 16.3 Å². The summed E-state index contributed by atoms with van der Waals surface area (Å²) in [4.78, 5) is 1.06. The van der Waals surface area contributed by atoms with E-state index in [0.717, 1.165) is 11.3 Å². The van der Waals surface area contributed by atoms with E-state index in [1.165, 1.54) is 11.3 Å². The molecule has 0 aromatic carbocycles. The Morgan fingerprint density at radius 1 is 1.47 bits per heavy atom. The topological polar surface area (TPSA) is 46.2 Å². The van der Waals surface area contributed by atoms with Crippen LogP contribution in [0.1, 0.15) is 32.6 Å². The lowest BCUT2D eigenvalue weighted by Crippen LogP contribution is -2.48. The van der Waals surface area contributed by atoms with Crippen molar-refractivity contribution in [3.8, 4) is 0 Å². The fourth-order valence-corrected chi connectivity index (χ4v) is 4.07. The molecule has 1 heterocycles. The summed E-state index contributed by atoms with van der Waals surface area (Å²) in [7, 11) is -3.47. The summed E-state index contributed by atoms with van der Waals surface area (Å²) in [6.45, 7) is 7.32. The predicted octanol–water partition coefficient (Wildman–Crippen LogP) is 2.99. The Morgan fingerprint density at radius 2 is 2.06 bits per heavy atom. The first-order valence-electron chi connectivity index (χ1n) is 5.46. The number of hydrogen-bond donors (Lipinski definition) is 1. The highest BCUT2D eigenvalue weighted by Crippen LogP contribution is 2.25. The molecule has 1 rings (SSSR count). The van der Waals surface area contributed by atoms with E-state index in [1.54, 1.807) is 26.8 Å². The van der Waals surface area contributed by atoms with Crippen molar-refractivity contribution in [2.24, 2.45) is 0 Å². The Kier molecular flexibility index (Phi) is 4.63. The largest absolute Gasteiger partial charge is 0.250 e. The van der Waals surface area contributed by atoms with E-state index in [1.807, 2.05) is 13.0 Å². The van der Waals surface area contributed by atoms with E-state index in [0.29, 0.717) is 4.21 Å². The summed E-state index contributed by atoms with van der Waals surface area (Å²) in [5.74, 6) is 0. The third kappa shape index (κ3) is 3.68. The third-order valence-electron chi connectivity index (χ3n) is 2.64. The molecule has 0 radical (unpaired) electrons. The van der Waals surface area contributed by atoms with Crippen LogP contribution in [-0.2, 0) is 16.4 Å². The summed E-state index contributed by atoms with van der Waals surface area (Å²) in [6, 6.07) is 3.48. The number of nitrogens with one attached hydrogen (secondary N) is 1. The van der Waals surface area contributed by atoms with Crippen LogP contribution in [-0.4, -0.2) is 19.3 Å². The van der Waals surface area contributed by atoms with Crippen molar-refractivity contribution in [1.82, 2.24) is 4.72 Å². The van der Waals surface area contributed by atoms with E-state index in [2.05, 4.69) is 4.72 Å². The Hall–Kier alpha value is -0.100. The van der Waals surface area contributed by atoms with Crippen molar-refractivity contribution >= 4 is 33.0 Å². The first-order valence-corrected chi connectivity index (χ1v) is 8.19. The molecule has 1 N–H and O–H groups in total. The number of halogens is 1. The Bertz CT molecular complexity index is 477. The molecule has 0 amide bonds. The van der Waals surface area contributed by atoms with E-state index < -0.39 is 15.6 Å². The molecule has 0 spiro atoms. The number of hydrogen-bond acceptors (Lipinski definition) is 3. The van der Waals surface area contributed by atoms with Gasteiger partial charge in [-0.25, -0.2) is 13.1 Å². The summed E-state index contributed by atoms with van der Waals surface area (Å²) < 4.78 is 27.2. The number of thiophene rings is 1. The van der Waals surface area contributed by atoms with E-state index >= 15 is 0 Å². The maximum Gasteiger partial charge on any atom is 0.250 e. The number of rotatable bonds is 5. The highest BCUT2D eigenvalue weighted by molar-refractivity contribution is 7.91. The quantitative estimate of drug-likeness (QED) is 0.849. The van der Waals surface area contributed by atoms with Crippen LogP contribution in [0.4, 0.5) is 0 Å². The second-order valence-corrected chi connectivity index (χ2v) is 8.25. The molecule has 17 heavy (non-hydrogen) atoms. The van der Waals surface area contributed by atoms with Gasteiger partial charge >= 0.3 is 0 Å². The minimum Gasteiger partial charge on any atom is -0.206 e. The first-order chi connectivity index (χ1) is 7.69. The van der Waals surface area contributed by atoms with Crippen molar-refractivity contribution in [2.75, 3.05) is 0 Å². The van der Waals surface area contributed by atoms with Crippen LogP contribution in [0, 0.1) is 0 Å². The van der Waals surface area contributed by atoms with Gasteiger partial charge in [-0.1, -0.05) is 6.92 Å². The van der Waals surface area contributed by atoms with Gasteiger partial charge in [0, 0.05) is 15.8 Å². The number of aryl methyl sites for hydroxylation is 1. The number of sulfonamides is 1. The van der Waals surface area contributed by atoms with Gasteiger partial charge in [0.1, 0.15) is 4.21 Å². The van der Waals surface area contributed by atoms with Gasteiger partial charge < -0.3 is 0 Å². The van der Waals surface area contributed by atoms with Gasteiger partial charge in [0.2, 0.25) is 0 Å². The van der Waals surface area contributed by atoms with Gasteiger partial charge in [0.25, 0.3) is 10.0 Å². The molecule has 0 saturated carbocycles. The lowest BCUT2D eigenvalue weighted by atomic mass is 10.0. The van der Waals surface area contributed by atoms with Gasteiger partial charge in [-0.2, -0.15) is 0 Å². The van der Waals surface area contributed by atoms with Gasteiger partial charge in [0.15, 0.2) is 0 Å². The maximum absolute atomic E-state index is 12.1. The van der Waals surface area contributed by atoms with Crippen LogP contribution in [0.5, 0.6) is 0 Å². The summed E-state index contributed by atoms with van der Waals surface area (Å²) >= 11 is 7.27. The monoisotopic (exact) mass is 295 g/mol. The molecular weight excluding hydrogens is 278 g/mol. The Morgan fingerprint density at radius 3 is 2.47 bits per heavy atom. The van der Waals surface area contributed by atoms with Crippen LogP contribution >= 0.6 is 22.9 Å². The van der Waals surface area contributed by atoms with Gasteiger partial charge in [0.05, 0.1) is 0 Å². The molecule has 0 aliphatic carbocycles. The molecular formula is C11H18ClNO2S2. The zero-order chi connectivity index (χ0) is 13.3. The van der Waals surface area contributed by atoms with Crippen LogP contribution < -0.4 is 4.72 Å². The van der Waals surface area contributed by atoms with Crippen molar-refractivity contribution in [2.45, 2.75) is 49.2 Å². The zero-order valence-corrected chi connectivity index (χ0v) is 12.8. The molecule has 98 valence electrons. The SMILES string of the molecule is CCc1ccc(S(=O)(=O)NC(C)(C)C(C)Cl)s1. The van der Waals surface area contributed by atoms with E-state index in [9.17, 15) is 8.42 Å². The Labute approximate surface area is 112 Å². The van der Waals surface area contributed by atoms with Gasteiger partial charge in [-0.3, -0.25) is 0 Å².